The maximum atomic E-state index is 12.1. The van der Waals surface area contributed by atoms with Crippen LogP contribution in [-0.4, -0.2) is 57.2 Å². The first-order valence-electron chi connectivity index (χ1n) is 7.57. The molecule has 1 aromatic carbocycles. The van der Waals surface area contributed by atoms with E-state index in [1.165, 1.54) is 10.4 Å². The fraction of sp³-hybridized carbons (Fsp3) is 0.533. The number of hydrogen-bond donors (Lipinski definition) is 1. The number of ether oxygens (including phenoxy) is 1. The summed E-state index contributed by atoms with van der Waals surface area (Å²) in [6, 6.07) is 4.57. The molecule has 0 radical (unpaired) electrons. The van der Waals surface area contributed by atoms with Gasteiger partial charge in [0.05, 0.1) is 22.4 Å². The van der Waals surface area contributed by atoms with Crippen LogP contribution in [0.5, 0.6) is 0 Å². The van der Waals surface area contributed by atoms with E-state index in [0.29, 0.717) is 28.8 Å². The van der Waals surface area contributed by atoms with Crippen molar-refractivity contribution in [1.82, 2.24) is 9.62 Å². The topological polar surface area (TPSA) is 75.7 Å². The van der Waals surface area contributed by atoms with Gasteiger partial charge in [0.2, 0.25) is 10.0 Å². The Balaban J connectivity index is 1.89. The molecule has 9 heteroatoms. The normalized spacial score (nSPS) is 18.1. The monoisotopic (exact) mass is 394 g/mol. The number of amides is 1. The van der Waals surface area contributed by atoms with E-state index in [1.54, 1.807) is 12.1 Å². The van der Waals surface area contributed by atoms with Crippen molar-refractivity contribution in [1.29, 1.82) is 0 Å². The molecule has 1 fully saturated rings. The smallest absolute Gasteiger partial charge is 0.251 e. The van der Waals surface area contributed by atoms with Crippen LogP contribution >= 0.6 is 23.2 Å². The zero-order valence-electron chi connectivity index (χ0n) is 13.3. The lowest BCUT2D eigenvalue weighted by molar-refractivity contribution is 0.0911. The average Bonchev–Trinajstić information content (AvgIpc) is 3.01. The molecule has 0 spiro atoms. The third-order valence-electron chi connectivity index (χ3n) is 3.73. The second-order valence-electron chi connectivity index (χ2n) is 5.64. The Labute approximate surface area is 152 Å². The maximum Gasteiger partial charge on any atom is 0.251 e. The van der Waals surface area contributed by atoms with Crippen molar-refractivity contribution in [2.24, 2.45) is 0 Å². The molecular formula is C15H20Cl2N2O4S. The zero-order valence-corrected chi connectivity index (χ0v) is 15.6. The fourth-order valence-corrected chi connectivity index (χ4v) is 3.60. The number of carbonyl (C=O) groups excluding carboxylic acids is 1. The van der Waals surface area contributed by atoms with Crippen LogP contribution in [-0.2, 0) is 14.8 Å². The number of sulfonamides is 1. The van der Waals surface area contributed by atoms with Crippen LogP contribution in [0.3, 0.4) is 0 Å². The molecule has 1 aliphatic rings. The molecule has 1 aromatic rings. The van der Waals surface area contributed by atoms with Crippen molar-refractivity contribution in [2.45, 2.75) is 18.9 Å². The Hall–Kier alpha value is -0.860. The summed E-state index contributed by atoms with van der Waals surface area (Å²) in [6.45, 7) is 1.35. The van der Waals surface area contributed by atoms with Crippen molar-refractivity contribution < 1.29 is 17.9 Å². The molecule has 1 heterocycles. The van der Waals surface area contributed by atoms with Gasteiger partial charge in [0.25, 0.3) is 5.91 Å². The van der Waals surface area contributed by atoms with Gasteiger partial charge in [-0.15, -0.1) is 0 Å². The van der Waals surface area contributed by atoms with Crippen LogP contribution in [0.25, 0.3) is 0 Å². The highest BCUT2D eigenvalue weighted by molar-refractivity contribution is 7.88. The maximum absolute atomic E-state index is 12.1. The molecule has 1 saturated heterocycles. The molecule has 0 saturated carbocycles. The zero-order chi connectivity index (χ0) is 17.7. The number of hydrogen-bond acceptors (Lipinski definition) is 4. The SMILES string of the molecule is CS(=O)(=O)N(CCNC(=O)c1ccc(Cl)c(Cl)c1)CC1CCCO1. The summed E-state index contributed by atoms with van der Waals surface area (Å²) in [5.74, 6) is -0.334. The first-order chi connectivity index (χ1) is 11.3. The highest BCUT2D eigenvalue weighted by atomic mass is 35.5. The molecule has 24 heavy (non-hydrogen) atoms. The Morgan fingerprint density at radius 3 is 2.71 bits per heavy atom. The third-order valence-corrected chi connectivity index (χ3v) is 5.74. The van der Waals surface area contributed by atoms with E-state index in [1.807, 2.05) is 0 Å². The Kier molecular flexibility index (Phi) is 6.88. The number of carbonyl (C=O) groups is 1. The minimum atomic E-state index is -3.36. The van der Waals surface area contributed by atoms with Gasteiger partial charge in [-0.25, -0.2) is 8.42 Å². The van der Waals surface area contributed by atoms with Gasteiger partial charge in [-0.2, -0.15) is 4.31 Å². The molecule has 1 N–H and O–H groups in total. The summed E-state index contributed by atoms with van der Waals surface area (Å²) in [4.78, 5) is 12.1. The van der Waals surface area contributed by atoms with Crippen molar-refractivity contribution in [3.63, 3.8) is 0 Å². The number of halogens is 2. The van der Waals surface area contributed by atoms with E-state index < -0.39 is 10.0 Å². The predicted octanol–water partition coefficient (Wildman–Crippen LogP) is 2.16. The molecule has 1 aliphatic heterocycles. The van der Waals surface area contributed by atoms with Crippen molar-refractivity contribution >= 4 is 39.1 Å². The van der Waals surface area contributed by atoms with Gasteiger partial charge in [0.1, 0.15) is 0 Å². The van der Waals surface area contributed by atoms with Crippen LogP contribution in [0.1, 0.15) is 23.2 Å². The quantitative estimate of drug-likeness (QED) is 0.768. The second-order valence-corrected chi connectivity index (χ2v) is 8.44. The summed E-state index contributed by atoms with van der Waals surface area (Å²) in [7, 11) is -3.36. The van der Waals surface area contributed by atoms with E-state index in [9.17, 15) is 13.2 Å². The third kappa shape index (κ3) is 5.60. The molecule has 1 atom stereocenters. The van der Waals surface area contributed by atoms with Gasteiger partial charge < -0.3 is 10.1 Å². The standard InChI is InChI=1S/C15H20Cl2N2O4S/c1-24(21,22)19(10-12-3-2-8-23-12)7-6-18-15(20)11-4-5-13(16)14(17)9-11/h4-5,9,12H,2-3,6-8,10H2,1H3,(H,18,20). The largest absolute Gasteiger partial charge is 0.377 e. The van der Waals surface area contributed by atoms with Crippen LogP contribution in [0, 0.1) is 0 Å². The molecule has 0 aromatic heterocycles. The summed E-state index contributed by atoms with van der Waals surface area (Å²) in [5.41, 5.74) is 0.370. The van der Waals surface area contributed by atoms with Gasteiger partial charge in [-0.05, 0) is 31.0 Å². The first-order valence-corrected chi connectivity index (χ1v) is 10.2. The van der Waals surface area contributed by atoms with Crippen molar-refractivity contribution in [3.05, 3.63) is 33.8 Å². The summed E-state index contributed by atoms with van der Waals surface area (Å²) < 4.78 is 30.6. The lowest BCUT2D eigenvalue weighted by atomic mass is 10.2. The number of nitrogens with one attached hydrogen (secondary N) is 1. The molecule has 2 rings (SSSR count). The van der Waals surface area contributed by atoms with E-state index in [0.717, 1.165) is 19.1 Å². The van der Waals surface area contributed by atoms with E-state index in [2.05, 4.69) is 5.32 Å². The molecular weight excluding hydrogens is 375 g/mol. The van der Waals surface area contributed by atoms with Crippen LogP contribution in [0.2, 0.25) is 10.0 Å². The lowest BCUT2D eigenvalue weighted by Gasteiger charge is -2.23. The Morgan fingerprint density at radius 1 is 1.38 bits per heavy atom. The molecule has 134 valence electrons. The predicted molar refractivity (Wildman–Crippen MR) is 94.2 cm³/mol. The van der Waals surface area contributed by atoms with Crippen molar-refractivity contribution in [2.75, 3.05) is 32.5 Å². The van der Waals surface area contributed by atoms with Crippen LogP contribution in [0.15, 0.2) is 18.2 Å². The molecule has 0 bridgehead atoms. The van der Waals surface area contributed by atoms with Gasteiger partial charge in [0, 0.05) is 31.8 Å². The number of benzene rings is 1. The fourth-order valence-electron chi connectivity index (χ4n) is 2.44. The average molecular weight is 395 g/mol. The van der Waals surface area contributed by atoms with Crippen LogP contribution in [0.4, 0.5) is 0 Å². The molecule has 1 amide bonds. The van der Waals surface area contributed by atoms with Gasteiger partial charge in [-0.3, -0.25) is 4.79 Å². The van der Waals surface area contributed by atoms with Crippen LogP contribution < -0.4 is 5.32 Å². The highest BCUT2D eigenvalue weighted by Gasteiger charge is 2.24. The van der Waals surface area contributed by atoms with Gasteiger partial charge >= 0.3 is 0 Å². The van der Waals surface area contributed by atoms with E-state index >= 15 is 0 Å². The van der Waals surface area contributed by atoms with E-state index in [-0.39, 0.29) is 25.1 Å². The van der Waals surface area contributed by atoms with Crippen molar-refractivity contribution in [3.8, 4) is 0 Å². The Bertz CT molecular complexity index is 691. The number of rotatable bonds is 7. The molecule has 0 aliphatic carbocycles. The summed E-state index contributed by atoms with van der Waals surface area (Å²) >= 11 is 11.7. The number of nitrogens with zero attached hydrogens (tertiary/aromatic N) is 1. The summed E-state index contributed by atoms with van der Waals surface area (Å²) in [5, 5.41) is 3.35. The molecule has 1 unspecified atom stereocenters. The minimum absolute atomic E-state index is 0.0782. The van der Waals surface area contributed by atoms with Gasteiger partial charge in [0.15, 0.2) is 0 Å². The van der Waals surface area contributed by atoms with E-state index in [4.69, 9.17) is 27.9 Å². The first kappa shape index (κ1) is 19.5. The highest BCUT2D eigenvalue weighted by Crippen LogP contribution is 2.22. The second kappa shape index (κ2) is 8.49. The lowest BCUT2D eigenvalue weighted by Crippen LogP contribution is -2.41. The van der Waals surface area contributed by atoms with Gasteiger partial charge in [-0.1, -0.05) is 23.2 Å². The minimum Gasteiger partial charge on any atom is -0.377 e. The molecule has 6 nitrogen and oxygen atoms in total. The Morgan fingerprint density at radius 2 is 2.12 bits per heavy atom. The summed E-state index contributed by atoms with van der Waals surface area (Å²) in [6.07, 6.45) is 2.87.